The van der Waals surface area contributed by atoms with Crippen molar-refractivity contribution >= 4 is 23.0 Å². The Kier molecular flexibility index (Phi) is 4.49. The molecule has 1 atom stereocenters. The van der Waals surface area contributed by atoms with Gasteiger partial charge >= 0.3 is 0 Å². The van der Waals surface area contributed by atoms with Crippen molar-refractivity contribution in [3.05, 3.63) is 22.4 Å². The van der Waals surface area contributed by atoms with Crippen LogP contribution in [0, 0.1) is 0 Å². The summed E-state index contributed by atoms with van der Waals surface area (Å²) in [5, 5.41) is 4.81. The van der Waals surface area contributed by atoms with Gasteiger partial charge in [-0.25, -0.2) is 0 Å². The largest absolute Gasteiger partial charge is 0.353 e. The van der Waals surface area contributed by atoms with Crippen molar-refractivity contribution in [2.75, 3.05) is 0 Å². The van der Waals surface area contributed by atoms with Crippen LogP contribution in [-0.2, 0) is 16.0 Å². The summed E-state index contributed by atoms with van der Waals surface area (Å²) in [5.41, 5.74) is 0. The van der Waals surface area contributed by atoms with E-state index in [1.807, 2.05) is 24.4 Å². The van der Waals surface area contributed by atoms with E-state index in [0.717, 1.165) is 6.42 Å². The number of ketones is 1. The molecule has 0 radical (unpaired) electrons. The molecule has 0 fully saturated rings. The second kappa shape index (κ2) is 5.66. The molecule has 1 unspecified atom stereocenters. The van der Waals surface area contributed by atoms with E-state index in [-0.39, 0.29) is 24.2 Å². The van der Waals surface area contributed by atoms with E-state index in [0.29, 0.717) is 0 Å². The number of Topliss-reactive ketones (excluding diaryl/α,β-unsaturated/α-hetero) is 1. The van der Waals surface area contributed by atoms with Crippen LogP contribution in [0.1, 0.15) is 25.1 Å². The Morgan fingerprint density at radius 2 is 2.27 bits per heavy atom. The van der Waals surface area contributed by atoms with Gasteiger partial charge in [0, 0.05) is 17.3 Å². The van der Waals surface area contributed by atoms with E-state index in [9.17, 15) is 9.59 Å². The van der Waals surface area contributed by atoms with Gasteiger partial charge in [-0.2, -0.15) is 0 Å². The van der Waals surface area contributed by atoms with E-state index in [2.05, 4.69) is 5.32 Å². The molecule has 1 aromatic heterocycles. The molecule has 0 saturated carbocycles. The van der Waals surface area contributed by atoms with Gasteiger partial charge in [0.05, 0.1) is 6.42 Å². The molecule has 0 aliphatic rings. The highest BCUT2D eigenvalue weighted by Crippen LogP contribution is 2.10. The lowest BCUT2D eigenvalue weighted by atomic mass is 10.2. The lowest BCUT2D eigenvalue weighted by Crippen LogP contribution is -2.34. The second-order valence-electron chi connectivity index (χ2n) is 3.63. The molecule has 0 aliphatic heterocycles. The first-order valence-corrected chi connectivity index (χ1v) is 5.77. The van der Waals surface area contributed by atoms with Crippen molar-refractivity contribution < 1.29 is 9.59 Å². The number of carbonyl (C=O) groups is 2. The van der Waals surface area contributed by atoms with E-state index in [1.54, 1.807) is 11.3 Å². The molecule has 0 aromatic carbocycles. The molecule has 82 valence electrons. The van der Waals surface area contributed by atoms with E-state index in [4.69, 9.17) is 0 Å². The summed E-state index contributed by atoms with van der Waals surface area (Å²) < 4.78 is 0. The highest BCUT2D eigenvalue weighted by molar-refractivity contribution is 7.09. The van der Waals surface area contributed by atoms with Crippen molar-refractivity contribution in [3.8, 4) is 0 Å². The normalized spacial score (nSPS) is 12.1. The number of hydrogen-bond acceptors (Lipinski definition) is 3. The molecule has 15 heavy (non-hydrogen) atoms. The van der Waals surface area contributed by atoms with E-state index >= 15 is 0 Å². The van der Waals surface area contributed by atoms with Crippen molar-refractivity contribution in [2.24, 2.45) is 0 Å². The van der Waals surface area contributed by atoms with Crippen LogP contribution in [-0.4, -0.2) is 17.7 Å². The lowest BCUT2D eigenvalue weighted by Gasteiger charge is -2.11. The molecule has 4 heteroatoms. The number of hydrogen-bond donors (Lipinski definition) is 1. The van der Waals surface area contributed by atoms with Gasteiger partial charge in [0.25, 0.3) is 0 Å². The zero-order chi connectivity index (χ0) is 11.3. The van der Waals surface area contributed by atoms with Crippen LogP contribution in [0.5, 0.6) is 0 Å². The quantitative estimate of drug-likeness (QED) is 0.776. The minimum absolute atomic E-state index is 0.0191. The van der Waals surface area contributed by atoms with Gasteiger partial charge in [0.1, 0.15) is 5.78 Å². The van der Waals surface area contributed by atoms with Gasteiger partial charge < -0.3 is 5.32 Å². The standard InChI is InChI=1S/C11H15NO2S/c1-8(6-10-4-3-5-15-10)12-11(14)7-9(2)13/h3-5,8H,6-7H2,1-2H3,(H,12,14). The maximum atomic E-state index is 11.3. The van der Waals surface area contributed by atoms with Crippen LogP contribution >= 0.6 is 11.3 Å². The summed E-state index contributed by atoms with van der Waals surface area (Å²) in [7, 11) is 0. The second-order valence-corrected chi connectivity index (χ2v) is 4.66. The smallest absolute Gasteiger partial charge is 0.227 e. The molecular formula is C11H15NO2S. The highest BCUT2D eigenvalue weighted by atomic mass is 32.1. The van der Waals surface area contributed by atoms with Gasteiger partial charge in [0.2, 0.25) is 5.91 Å². The minimum atomic E-state index is -0.188. The molecule has 1 heterocycles. The van der Waals surface area contributed by atoms with Gasteiger partial charge in [0.15, 0.2) is 0 Å². The third kappa shape index (κ3) is 4.74. The van der Waals surface area contributed by atoms with Crippen LogP contribution in [0.2, 0.25) is 0 Å². The van der Waals surface area contributed by atoms with Crippen molar-refractivity contribution in [1.29, 1.82) is 0 Å². The molecule has 1 aromatic rings. The Bertz CT molecular complexity index is 332. The summed E-state index contributed by atoms with van der Waals surface area (Å²) >= 11 is 1.67. The molecule has 1 amide bonds. The van der Waals surface area contributed by atoms with E-state index in [1.165, 1.54) is 11.8 Å². The fraction of sp³-hybridized carbons (Fsp3) is 0.455. The average molecular weight is 225 g/mol. The zero-order valence-corrected chi connectivity index (χ0v) is 9.76. The predicted molar refractivity (Wildman–Crippen MR) is 60.9 cm³/mol. The highest BCUT2D eigenvalue weighted by Gasteiger charge is 2.09. The van der Waals surface area contributed by atoms with Gasteiger partial charge in [-0.3, -0.25) is 9.59 Å². The lowest BCUT2D eigenvalue weighted by molar-refractivity contribution is -0.127. The molecule has 1 rings (SSSR count). The Hall–Kier alpha value is -1.16. The number of thiophene rings is 1. The van der Waals surface area contributed by atoms with Crippen LogP contribution in [0.25, 0.3) is 0 Å². The van der Waals surface area contributed by atoms with Gasteiger partial charge in [-0.05, 0) is 25.3 Å². The summed E-state index contributed by atoms with van der Waals surface area (Å²) in [6.45, 7) is 3.36. The molecule has 0 saturated heterocycles. The number of amides is 1. The van der Waals surface area contributed by atoms with Gasteiger partial charge in [-0.15, -0.1) is 11.3 Å². The van der Waals surface area contributed by atoms with Gasteiger partial charge in [-0.1, -0.05) is 6.07 Å². The Balaban J connectivity index is 2.32. The Morgan fingerprint density at radius 3 is 2.80 bits per heavy atom. The summed E-state index contributed by atoms with van der Waals surface area (Å²) in [5.74, 6) is -0.289. The Labute approximate surface area is 93.5 Å². The van der Waals surface area contributed by atoms with E-state index < -0.39 is 0 Å². The van der Waals surface area contributed by atoms with Crippen LogP contribution in [0.15, 0.2) is 17.5 Å². The number of nitrogens with one attached hydrogen (secondary N) is 1. The molecule has 3 nitrogen and oxygen atoms in total. The van der Waals surface area contributed by atoms with Crippen molar-refractivity contribution in [2.45, 2.75) is 32.7 Å². The summed E-state index contributed by atoms with van der Waals surface area (Å²) in [4.78, 5) is 23.2. The van der Waals surface area contributed by atoms with Crippen LogP contribution < -0.4 is 5.32 Å². The maximum Gasteiger partial charge on any atom is 0.227 e. The van der Waals surface area contributed by atoms with Crippen LogP contribution in [0.4, 0.5) is 0 Å². The third-order valence-corrected chi connectivity index (χ3v) is 2.80. The molecular weight excluding hydrogens is 210 g/mol. The fourth-order valence-corrected chi connectivity index (χ4v) is 2.17. The van der Waals surface area contributed by atoms with Crippen LogP contribution in [0.3, 0.4) is 0 Å². The zero-order valence-electron chi connectivity index (χ0n) is 8.95. The van der Waals surface area contributed by atoms with Crippen molar-refractivity contribution in [3.63, 3.8) is 0 Å². The molecule has 0 aliphatic carbocycles. The SMILES string of the molecule is CC(=O)CC(=O)NC(C)Cc1cccs1. The summed E-state index contributed by atoms with van der Waals surface area (Å²) in [6.07, 6.45) is 0.802. The third-order valence-electron chi connectivity index (χ3n) is 1.90. The molecule has 0 bridgehead atoms. The Morgan fingerprint density at radius 1 is 1.53 bits per heavy atom. The molecule has 1 N–H and O–H groups in total. The number of rotatable bonds is 5. The fourth-order valence-electron chi connectivity index (χ4n) is 1.33. The predicted octanol–water partition coefficient (Wildman–Crippen LogP) is 1.77. The topological polar surface area (TPSA) is 46.2 Å². The van der Waals surface area contributed by atoms with Crippen molar-refractivity contribution in [1.82, 2.24) is 5.32 Å². The monoisotopic (exact) mass is 225 g/mol. The first kappa shape index (κ1) is 11.9. The maximum absolute atomic E-state index is 11.3. The first-order valence-electron chi connectivity index (χ1n) is 4.89. The number of carbonyl (C=O) groups excluding carboxylic acids is 2. The average Bonchev–Trinajstić information content (AvgIpc) is 2.53. The molecule has 0 spiro atoms. The first-order chi connectivity index (χ1) is 7.08. The minimum Gasteiger partial charge on any atom is -0.353 e. The summed E-state index contributed by atoms with van der Waals surface area (Å²) in [6, 6.07) is 4.11.